The van der Waals surface area contributed by atoms with E-state index in [4.69, 9.17) is 0 Å². The van der Waals surface area contributed by atoms with Gasteiger partial charge in [0.1, 0.15) is 0 Å². The Morgan fingerprint density at radius 3 is 2.56 bits per heavy atom. The van der Waals surface area contributed by atoms with Gasteiger partial charge in [-0.2, -0.15) is 0 Å². The summed E-state index contributed by atoms with van der Waals surface area (Å²) in [5, 5.41) is 0. The van der Waals surface area contributed by atoms with Crippen molar-refractivity contribution >= 4 is 11.9 Å². The van der Waals surface area contributed by atoms with E-state index in [2.05, 4.69) is 4.58 Å². The van der Waals surface area contributed by atoms with Crippen LogP contribution in [0.2, 0.25) is 0 Å². The minimum absolute atomic E-state index is 0.882. The van der Waals surface area contributed by atoms with Crippen molar-refractivity contribution in [2.45, 2.75) is 13.8 Å². The molecule has 0 bridgehead atoms. The van der Waals surface area contributed by atoms with Crippen LogP contribution in [-0.4, -0.2) is 0 Å². The van der Waals surface area contributed by atoms with Crippen molar-refractivity contribution in [3.63, 3.8) is 0 Å². The molecular weight excluding hydrogens is 134 g/mol. The van der Waals surface area contributed by atoms with Crippen molar-refractivity contribution in [3.05, 3.63) is 28.0 Å². The van der Waals surface area contributed by atoms with Crippen LogP contribution in [0, 0.1) is 4.91 Å². The van der Waals surface area contributed by atoms with Gasteiger partial charge < -0.3 is 0 Å². The van der Waals surface area contributed by atoms with Crippen molar-refractivity contribution in [1.29, 1.82) is 0 Å². The number of hydrogen-bond acceptors (Lipinski definition) is 3. The average molecular weight is 143 g/mol. The molecule has 0 heterocycles. The normalized spacial score (nSPS) is 12.4. The second kappa shape index (κ2) is 5.56. The highest BCUT2D eigenvalue weighted by Gasteiger charge is 1.87. The predicted octanol–water partition coefficient (Wildman–Crippen LogP) is 2.88. The number of hydrogen-bond donors (Lipinski definition) is 0. The summed E-state index contributed by atoms with van der Waals surface area (Å²) in [5.74, 6) is 0. The summed E-state index contributed by atoms with van der Waals surface area (Å²) < 4.78 is 2.67. The van der Waals surface area contributed by atoms with Gasteiger partial charge in [0.2, 0.25) is 0 Å². The molecule has 0 aliphatic carbocycles. The number of allylic oxidation sites excluding steroid dienone is 3. The van der Waals surface area contributed by atoms with Crippen LogP contribution >= 0.6 is 11.9 Å². The van der Waals surface area contributed by atoms with Crippen LogP contribution in [0.15, 0.2) is 27.7 Å². The molecule has 50 valence electrons. The maximum Gasteiger partial charge on any atom is 0.0566 e. The Morgan fingerprint density at radius 2 is 2.22 bits per heavy atom. The third kappa shape index (κ3) is 3.97. The minimum Gasteiger partial charge on any atom is -0.137 e. The van der Waals surface area contributed by atoms with Crippen LogP contribution in [0.1, 0.15) is 13.8 Å². The Balaban J connectivity index is 3.84. The molecule has 0 spiro atoms. The molecule has 0 rings (SSSR count). The smallest absolute Gasteiger partial charge is 0.0566 e. The lowest BCUT2D eigenvalue weighted by atomic mass is 10.4. The molecule has 0 unspecified atom stereocenters. The van der Waals surface area contributed by atoms with Gasteiger partial charge in [-0.15, -0.1) is 4.91 Å². The third-order valence-electron chi connectivity index (χ3n) is 0.758. The van der Waals surface area contributed by atoms with Gasteiger partial charge in [-0.3, -0.25) is 0 Å². The molecule has 9 heavy (non-hydrogen) atoms. The fraction of sp³-hybridized carbons (Fsp3) is 0.333. The largest absolute Gasteiger partial charge is 0.137 e. The molecule has 0 fully saturated rings. The number of nitrogens with zero attached hydrogens (tertiary/aromatic N) is 1. The average Bonchev–Trinajstić information content (AvgIpc) is 1.88. The Morgan fingerprint density at radius 1 is 1.56 bits per heavy atom. The molecule has 3 heteroatoms. The zero-order valence-electron chi connectivity index (χ0n) is 5.50. The first-order valence-corrected chi connectivity index (χ1v) is 3.41. The van der Waals surface area contributed by atoms with Crippen LogP contribution in [0.3, 0.4) is 0 Å². The van der Waals surface area contributed by atoms with Crippen molar-refractivity contribution in [2.24, 2.45) is 4.58 Å². The van der Waals surface area contributed by atoms with E-state index < -0.39 is 0 Å². The van der Waals surface area contributed by atoms with E-state index in [0.717, 1.165) is 16.9 Å². The highest BCUT2D eigenvalue weighted by molar-refractivity contribution is 8.01. The zero-order chi connectivity index (χ0) is 7.11. The topological polar surface area (TPSA) is 29.4 Å². The Bertz CT molecular complexity index is 140. The fourth-order valence-electron chi connectivity index (χ4n) is 0.387. The monoisotopic (exact) mass is 143 g/mol. The van der Waals surface area contributed by atoms with Gasteiger partial charge in [0, 0.05) is 9.49 Å². The quantitative estimate of drug-likeness (QED) is 0.345. The highest BCUT2D eigenvalue weighted by Crippen LogP contribution is 2.16. The van der Waals surface area contributed by atoms with Gasteiger partial charge in [-0.1, -0.05) is 18.2 Å². The molecule has 0 saturated carbocycles. The van der Waals surface area contributed by atoms with Crippen LogP contribution in [0.5, 0.6) is 0 Å². The van der Waals surface area contributed by atoms with E-state index in [1.54, 1.807) is 0 Å². The standard InChI is InChI=1S/C6H9NOS/c1-3-5-6(4-2)9-7-8/h3-5H,1-2H3/b5-3-,6-4+. The van der Waals surface area contributed by atoms with Gasteiger partial charge in [-0.05, 0) is 13.8 Å². The van der Waals surface area contributed by atoms with Crippen LogP contribution in [0.4, 0.5) is 0 Å². The third-order valence-corrected chi connectivity index (χ3v) is 1.42. The van der Waals surface area contributed by atoms with Crippen LogP contribution < -0.4 is 0 Å². The second-order valence-corrected chi connectivity index (χ2v) is 2.16. The molecule has 0 aliphatic rings. The van der Waals surface area contributed by atoms with Gasteiger partial charge >= 0.3 is 0 Å². The molecule has 0 aromatic rings. The molecular formula is C6H9NOS. The first kappa shape index (κ1) is 8.43. The molecule has 2 nitrogen and oxygen atoms in total. The van der Waals surface area contributed by atoms with E-state index in [1.807, 2.05) is 32.1 Å². The van der Waals surface area contributed by atoms with E-state index >= 15 is 0 Å². The lowest BCUT2D eigenvalue weighted by Gasteiger charge is -1.86. The molecule has 0 amide bonds. The van der Waals surface area contributed by atoms with E-state index in [-0.39, 0.29) is 0 Å². The molecule has 0 saturated heterocycles. The van der Waals surface area contributed by atoms with Gasteiger partial charge in [0.25, 0.3) is 0 Å². The maximum atomic E-state index is 9.69. The Hall–Kier alpha value is -0.570. The first-order valence-electron chi connectivity index (χ1n) is 2.63. The summed E-state index contributed by atoms with van der Waals surface area (Å²) in [4.78, 5) is 10.6. The molecule has 0 aromatic heterocycles. The fourth-order valence-corrected chi connectivity index (χ4v) is 0.775. The van der Waals surface area contributed by atoms with E-state index in [0.29, 0.717) is 0 Å². The predicted molar refractivity (Wildman–Crippen MR) is 42.0 cm³/mol. The SMILES string of the molecule is C/C=C\C(=C/C)SN=O. The molecule has 0 aromatic carbocycles. The Labute approximate surface area is 59.1 Å². The molecule has 0 atom stereocenters. The van der Waals surface area contributed by atoms with Crippen molar-refractivity contribution in [2.75, 3.05) is 0 Å². The van der Waals surface area contributed by atoms with Gasteiger partial charge in [0.05, 0.1) is 11.9 Å². The summed E-state index contributed by atoms with van der Waals surface area (Å²) in [5.41, 5.74) is 0. The van der Waals surface area contributed by atoms with Crippen LogP contribution in [0.25, 0.3) is 0 Å². The minimum atomic E-state index is 0.882. The summed E-state index contributed by atoms with van der Waals surface area (Å²) in [6, 6.07) is 0. The molecule has 0 N–H and O–H groups in total. The lowest BCUT2D eigenvalue weighted by molar-refractivity contribution is 1.65. The van der Waals surface area contributed by atoms with Crippen LogP contribution in [-0.2, 0) is 0 Å². The van der Waals surface area contributed by atoms with E-state index in [1.165, 1.54) is 0 Å². The summed E-state index contributed by atoms with van der Waals surface area (Å²) in [7, 11) is 0. The summed E-state index contributed by atoms with van der Waals surface area (Å²) in [6.07, 6.45) is 5.55. The van der Waals surface area contributed by atoms with Crippen molar-refractivity contribution in [1.82, 2.24) is 0 Å². The summed E-state index contributed by atoms with van der Waals surface area (Å²) >= 11 is 0.945. The summed E-state index contributed by atoms with van der Waals surface area (Å²) in [6.45, 7) is 3.77. The van der Waals surface area contributed by atoms with Gasteiger partial charge in [-0.25, -0.2) is 0 Å². The lowest BCUT2D eigenvalue weighted by Crippen LogP contribution is -1.62. The second-order valence-electron chi connectivity index (χ2n) is 1.36. The molecule has 0 radical (unpaired) electrons. The van der Waals surface area contributed by atoms with Crippen molar-refractivity contribution < 1.29 is 0 Å². The number of nitroso groups, excluding NO2 is 1. The van der Waals surface area contributed by atoms with E-state index in [9.17, 15) is 4.91 Å². The number of rotatable bonds is 3. The first-order chi connectivity index (χ1) is 4.35. The molecule has 0 aliphatic heterocycles. The maximum absolute atomic E-state index is 9.69. The van der Waals surface area contributed by atoms with Gasteiger partial charge in [0.15, 0.2) is 0 Å². The Kier molecular flexibility index (Phi) is 5.21. The van der Waals surface area contributed by atoms with Crippen molar-refractivity contribution in [3.8, 4) is 0 Å². The zero-order valence-corrected chi connectivity index (χ0v) is 6.31. The highest BCUT2D eigenvalue weighted by atomic mass is 32.2.